The second-order valence-corrected chi connectivity index (χ2v) is 8.53. The van der Waals surface area contributed by atoms with Crippen LogP contribution in [0.1, 0.15) is 23.6 Å². The highest BCUT2D eigenvalue weighted by Gasteiger charge is 2.13. The number of anilines is 1. The Labute approximate surface area is 231 Å². The zero-order valence-electron chi connectivity index (χ0n) is 21.7. The molecule has 0 heterocycles. The summed E-state index contributed by atoms with van der Waals surface area (Å²) in [7, 11) is 1.56. The summed E-state index contributed by atoms with van der Waals surface area (Å²) in [6, 6.07) is 17.2. The lowest BCUT2D eigenvalue weighted by Crippen LogP contribution is -2.37. The summed E-state index contributed by atoms with van der Waals surface area (Å²) in [6.07, 6.45) is 1.36. The minimum Gasteiger partial charge on any atom is -0.497 e. The third-order valence-electron chi connectivity index (χ3n) is 5.37. The zero-order chi connectivity index (χ0) is 28.2. The number of carbonyl (C=O) groups is 3. The van der Waals surface area contributed by atoms with Crippen LogP contribution in [0.15, 0.2) is 65.8 Å². The van der Waals surface area contributed by atoms with Crippen LogP contribution < -0.4 is 30.3 Å². The van der Waals surface area contributed by atoms with E-state index in [1.807, 2.05) is 13.8 Å². The first-order chi connectivity index (χ1) is 18.8. The number of hydrogen-bond donors (Lipinski definition) is 3. The summed E-state index contributed by atoms with van der Waals surface area (Å²) in [5, 5.41) is 9.67. The van der Waals surface area contributed by atoms with Gasteiger partial charge < -0.3 is 24.8 Å². The predicted octanol–water partition coefficient (Wildman–Crippen LogP) is 3.84. The van der Waals surface area contributed by atoms with Crippen LogP contribution in [0.3, 0.4) is 0 Å². The van der Waals surface area contributed by atoms with Gasteiger partial charge in [0.05, 0.1) is 19.9 Å². The van der Waals surface area contributed by atoms with Crippen LogP contribution >= 0.6 is 11.6 Å². The van der Waals surface area contributed by atoms with Gasteiger partial charge in [-0.1, -0.05) is 29.8 Å². The molecule has 3 N–H and O–H groups in total. The second-order valence-electron chi connectivity index (χ2n) is 8.12. The number of nitrogens with zero attached hydrogens (tertiary/aromatic N) is 1. The fraction of sp³-hybridized carbons (Fsp3) is 0.214. The number of methoxy groups -OCH3 is 1. The Morgan fingerprint density at radius 3 is 2.46 bits per heavy atom. The van der Waals surface area contributed by atoms with Crippen LogP contribution in [0, 0.1) is 6.92 Å². The molecule has 0 bridgehead atoms. The standard InChI is InChI=1S/C28H29ClN4O6/c1-4-38-25-14-20(10-13-24(25)39-17-26(34)32-23-7-5-6-22(29)18(23)2)16-31-33-28(36)27(35)30-15-19-8-11-21(37-3)12-9-19/h5-14,16H,4,15,17H2,1-3H3,(H,30,35)(H,32,34)(H,33,36)/b31-16-. The molecule has 0 saturated carbocycles. The number of hydrogen-bond acceptors (Lipinski definition) is 7. The van der Waals surface area contributed by atoms with E-state index < -0.39 is 11.8 Å². The maximum absolute atomic E-state index is 12.4. The molecule has 0 aliphatic rings. The average Bonchev–Trinajstić information content (AvgIpc) is 2.94. The molecular weight excluding hydrogens is 524 g/mol. The van der Waals surface area contributed by atoms with E-state index in [0.29, 0.717) is 40.1 Å². The summed E-state index contributed by atoms with van der Waals surface area (Å²) in [6.45, 7) is 3.90. The lowest BCUT2D eigenvalue weighted by atomic mass is 10.2. The van der Waals surface area contributed by atoms with Gasteiger partial charge in [0.1, 0.15) is 5.75 Å². The fourth-order valence-corrected chi connectivity index (χ4v) is 3.46. The highest BCUT2D eigenvalue weighted by Crippen LogP contribution is 2.28. The molecule has 204 valence electrons. The number of ether oxygens (including phenoxy) is 3. The van der Waals surface area contributed by atoms with Crippen molar-refractivity contribution in [3.05, 3.63) is 82.4 Å². The average molecular weight is 553 g/mol. The third-order valence-corrected chi connectivity index (χ3v) is 5.78. The molecule has 10 nitrogen and oxygen atoms in total. The van der Waals surface area contributed by atoms with E-state index in [1.54, 1.807) is 67.8 Å². The minimum absolute atomic E-state index is 0.176. The van der Waals surface area contributed by atoms with E-state index >= 15 is 0 Å². The molecule has 0 aliphatic heterocycles. The van der Waals surface area contributed by atoms with E-state index in [-0.39, 0.29) is 19.1 Å². The molecule has 0 unspecified atom stereocenters. The Morgan fingerprint density at radius 2 is 1.74 bits per heavy atom. The first-order valence-electron chi connectivity index (χ1n) is 12.0. The zero-order valence-corrected chi connectivity index (χ0v) is 22.5. The van der Waals surface area contributed by atoms with E-state index in [1.165, 1.54) is 6.21 Å². The van der Waals surface area contributed by atoms with Crippen LogP contribution in [0.4, 0.5) is 5.69 Å². The molecule has 0 aromatic heterocycles. The van der Waals surface area contributed by atoms with Crippen LogP contribution in [0.5, 0.6) is 17.2 Å². The van der Waals surface area contributed by atoms with Crippen LogP contribution in [0.2, 0.25) is 5.02 Å². The largest absolute Gasteiger partial charge is 0.497 e. The van der Waals surface area contributed by atoms with E-state index in [4.69, 9.17) is 25.8 Å². The van der Waals surface area contributed by atoms with Gasteiger partial charge in [0.2, 0.25) is 0 Å². The van der Waals surface area contributed by atoms with Gasteiger partial charge in [-0.05, 0) is 73.0 Å². The van der Waals surface area contributed by atoms with Crippen LogP contribution in [-0.4, -0.2) is 44.3 Å². The maximum atomic E-state index is 12.4. The number of halogens is 1. The van der Waals surface area contributed by atoms with Gasteiger partial charge in [0.25, 0.3) is 5.91 Å². The Bertz CT molecular complexity index is 1340. The summed E-state index contributed by atoms with van der Waals surface area (Å²) in [4.78, 5) is 36.5. The quantitative estimate of drug-likeness (QED) is 0.188. The smallest absolute Gasteiger partial charge is 0.329 e. The van der Waals surface area contributed by atoms with Gasteiger partial charge in [0, 0.05) is 17.3 Å². The molecule has 0 atom stereocenters. The number of benzene rings is 3. The monoisotopic (exact) mass is 552 g/mol. The Balaban J connectivity index is 1.52. The minimum atomic E-state index is -0.911. The summed E-state index contributed by atoms with van der Waals surface area (Å²) >= 11 is 6.10. The summed E-state index contributed by atoms with van der Waals surface area (Å²) in [5.41, 5.74) is 4.93. The van der Waals surface area contributed by atoms with Crippen LogP contribution in [0.25, 0.3) is 0 Å². The van der Waals surface area contributed by atoms with Crippen molar-refractivity contribution in [3.63, 3.8) is 0 Å². The molecule has 0 fully saturated rings. The highest BCUT2D eigenvalue weighted by atomic mass is 35.5. The first kappa shape index (κ1) is 29.0. The maximum Gasteiger partial charge on any atom is 0.329 e. The highest BCUT2D eigenvalue weighted by molar-refractivity contribution is 6.35. The summed E-state index contributed by atoms with van der Waals surface area (Å²) < 4.78 is 16.4. The first-order valence-corrected chi connectivity index (χ1v) is 12.4. The van der Waals surface area contributed by atoms with Gasteiger partial charge >= 0.3 is 11.8 Å². The van der Waals surface area contributed by atoms with Crippen molar-refractivity contribution in [2.75, 3.05) is 25.6 Å². The predicted molar refractivity (Wildman–Crippen MR) is 149 cm³/mol. The molecule has 3 aromatic carbocycles. The Hall–Kier alpha value is -4.57. The molecule has 0 radical (unpaired) electrons. The number of rotatable bonds is 11. The van der Waals surface area contributed by atoms with Crippen molar-refractivity contribution in [2.24, 2.45) is 5.10 Å². The van der Waals surface area contributed by atoms with E-state index in [0.717, 1.165) is 11.1 Å². The Morgan fingerprint density at radius 1 is 0.974 bits per heavy atom. The number of amides is 3. The SMILES string of the molecule is CCOc1cc(/C=N\NC(=O)C(=O)NCc2ccc(OC)cc2)ccc1OCC(=O)Nc1cccc(Cl)c1C. The van der Waals surface area contributed by atoms with Crippen molar-refractivity contribution in [1.82, 2.24) is 10.7 Å². The van der Waals surface area contributed by atoms with Gasteiger partial charge in [-0.2, -0.15) is 5.10 Å². The van der Waals surface area contributed by atoms with Crippen molar-refractivity contribution in [3.8, 4) is 17.2 Å². The topological polar surface area (TPSA) is 127 Å². The number of nitrogens with one attached hydrogen (secondary N) is 3. The van der Waals surface area contributed by atoms with Crippen molar-refractivity contribution in [1.29, 1.82) is 0 Å². The molecule has 0 saturated heterocycles. The molecule has 0 spiro atoms. The van der Waals surface area contributed by atoms with E-state index in [2.05, 4.69) is 21.2 Å². The van der Waals surface area contributed by atoms with Gasteiger partial charge in [0.15, 0.2) is 18.1 Å². The fourth-order valence-electron chi connectivity index (χ4n) is 3.29. The third kappa shape index (κ3) is 8.75. The number of carbonyl (C=O) groups excluding carboxylic acids is 3. The molecule has 3 amide bonds. The lowest BCUT2D eigenvalue weighted by Gasteiger charge is -2.13. The molecule has 3 aromatic rings. The van der Waals surface area contributed by atoms with Gasteiger partial charge in [-0.25, -0.2) is 5.43 Å². The van der Waals surface area contributed by atoms with Crippen molar-refractivity contribution >= 4 is 41.2 Å². The molecule has 3 rings (SSSR count). The van der Waals surface area contributed by atoms with Gasteiger partial charge in [-0.15, -0.1) is 0 Å². The van der Waals surface area contributed by atoms with Gasteiger partial charge in [-0.3, -0.25) is 14.4 Å². The van der Waals surface area contributed by atoms with Crippen LogP contribution in [-0.2, 0) is 20.9 Å². The van der Waals surface area contributed by atoms with Crippen molar-refractivity contribution in [2.45, 2.75) is 20.4 Å². The van der Waals surface area contributed by atoms with E-state index in [9.17, 15) is 14.4 Å². The number of hydrazone groups is 1. The normalized spacial score (nSPS) is 10.6. The lowest BCUT2D eigenvalue weighted by molar-refractivity contribution is -0.139. The second kappa shape index (κ2) is 14.4. The molecule has 11 heteroatoms. The molecule has 39 heavy (non-hydrogen) atoms. The summed E-state index contributed by atoms with van der Waals surface area (Å²) in [5.74, 6) is -0.663. The Kier molecular flexibility index (Phi) is 10.7. The van der Waals surface area contributed by atoms with Crippen molar-refractivity contribution < 1.29 is 28.6 Å². The molecular formula is C28H29ClN4O6. The molecule has 0 aliphatic carbocycles.